The summed E-state index contributed by atoms with van der Waals surface area (Å²) in [6, 6.07) is 1.46. The lowest BCUT2D eigenvalue weighted by atomic mass is 10.3. The van der Waals surface area contributed by atoms with Crippen LogP contribution in [0.3, 0.4) is 0 Å². The highest BCUT2D eigenvalue weighted by atomic mass is 79.9. The fraction of sp³-hybridized carbons (Fsp3) is 0. The maximum atomic E-state index is 12.6. The first-order valence-electron chi connectivity index (χ1n) is 2.84. The third-order valence-corrected chi connectivity index (χ3v) is 3.88. The minimum atomic E-state index is -1.14. The Morgan fingerprint density at radius 1 is 1.00 bits per heavy atom. The molecule has 0 amide bonds. The molecular formula is C6H2BrF3Mg. The largest absolute Gasteiger partial charge is 0.511 e. The van der Waals surface area contributed by atoms with Crippen molar-refractivity contribution >= 4 is 34.8 Å². The van der Waals surface area contributed by atoms with E-state index in [4.69, 9.17) is 0 Å². The van der Waals surface area contributed by atoms with Crippen LogP contribution in [0.5, 0.6) is 0 Å². The minimum absolute atomic E-state index is 0.254. The summed E-state index contributed by atoms with van der Waals surface area (Å²) >= 11 is 2.13. The van der Waals surface area contributed by atoms with E-state index < -0.39 is 35.6 Å². The maximum absolute atomic E-state index is 12.6. The molecule has 1 aromatic carbocycles. The van der Waals surface area contributed by atoms with Gasteiger partial charge in [0.05, 0.1) is 0 Å². The fourth-order valence-electron chi connectivity index (χ4n) is 0.666. The van der Waals surface area contributed by atoms with Gasteiger partial charge in [-0.3, -0.25) is 12.9 Å². The van der Waals surface area contributed by atoms with Crippen LogP contribution in [-0.2, 0) is 0 Å². The third-order valence-electron chi connectivity index (χ3n) is 1.23. The quantitative estimate of drug-likeness (QED) is 0.514. The summed E-state index contributed by atoms with van der Waals surface area (Å²) in [4.78, 5) is 0. The van der Waals surface area contributed by atoms with Gasteiger partial charge in [-0.25, -0.2) is 13.2 Å². The van der Waals surface area contributed by atoms with E-state index in [1.165, 1.54) is 0 Å². The summed E-state index contributed by atoms with van der Waals surface area (Å²) < 4.78 is 37.6. The highest BCUT2D eigenvalue weighted by Gasteiger charge is 2.09. The van der Waals surface area contributed by atoms with Crippen LogP contribution in [0.15, 0.2) is 12.1 Å². The van der Waals surface area contributed by atoms with E-state index in [9.17, 15) is 13.2 Å². The summed E-state index contributed by atoms with van der Waals surface area (Å²) in [6.07, 6.45) is 0. The van der Waals surface area contributed by atoms with Crippen molar-refractivity contribution in [2.45, 2.75) is 0 Å². The van der Waals surface area contributed by atoms with Gasteiger partial charge >= 0.3 is 18.2 Å². The van der Waals surface area contributed by atoms with Gasteiger partial charge in [-0.05, 0) is 6.07 Å². The summed E-state index contributed by atoms with van der Waals surface area (Å²) in [5.41, 5.74) is 0. The van der Waals surface area contributed by atoms with Crippen LogP contribution < -0.4 is 3.69 Å². The van der Waals surface area contributed by atoms with Gasteiger partial charge in [0.2, 0.25) is 0 Å². The van der Waals surface area contributed by atoms with Crippen molar-refractivity contribution in [3.8, 4) is 0 Å². The maximum Gasteiger partial charge on any atom is 0.511 e. The van der Waals surface area contributed by atoms with Gasteiger partial charge in [0.15, 0.2) is 11.6 Å². The molecule has 0 fully saturated rings. The Balaban J connectivity index is 3.21. The summed E-state index contributed by atoms with van der Waals surface area (Å²) in [7, 11) is 0. The summed E-state index contributed by atoms with van der Waals surface area (Å²) in [6.45, 7) is 0. The third kappa shape index (κ3) is 2.10. The predicted molar refractivity (Wildman–Crippen MR) is 40.6 cm³/mol. The molecular weight excluding hydrogens is 233 g/mol. The Hall–Kier alpha value is 0.256. The van der Waals surface area contributed by atoms with Gasteiger partial charge < -0.3 is 0 Å². The highest BCUT2D eigenvalue weighted by molar-refractivity contribution is 9.23. The molecule has 11 heavy (non-hydrogen) atoms. The van der Waals surface area contributed by atoms with E-state index in [0.717, 1.165) is 6.07 Å². The molecule has 0 saturated heterocycles. The fourth-order valence-corrected chi connectivity index (χ4v) is 2.44. The van der Waals surface area contributed by atoms with Gasteiger partial charge in [0.1, 0.15) is 5.82 Å². The van der Waals surface area contributed by atoms with Crippen molar-refractivity contribution in [1.29, 1.82) is 0 Å². The summed E-state index contributed by atoms with van der Waals surface area (Å²) in [5, 5.41) is 0. The molecule has 0 unspecified atom stereocenters. The average molecular weight is 235 g/mol. The van der Waals surface area contributed by atoms with Crippen molar-refractivity contribution in [2.24, 2.45) is 0 Å². The van der Waals surface area contributed by atoms with Crippen LogP contribution in [0.4, 0.5) is 13.2 Å². The van der Waals surface area contributed by atoms with Crippen molar-refractivity contribution in [1.82, 2.24) is 0 Å². The minimum Gasteiger partial charge on any atom is -0.296 e. The molecule has 0 saturated carbocycles. The molecule has 0 bridgehead atoms. The SMILES string of the molecule is Fc1cc(F)[c]([Mg][Br])cc1F. The molecule has 0 atom stereocenters. The highest BCUT2D eigenvalue weighted by Crippen LogP contribution is 2.05. The molecule has 0 N–H and O–H groups in total. The zero-order valence-corrected chi connectivity index (χ0v) is 8.37. The monoisotopic (exact) mass is 234 g/mol. The van der Waals surface area contributed by atoms with Gasteiger partial charge in [0.25, 0.3) is 0 Å². The lowest BCUT2D eigenvalue weighted by molar-refractivity contribution is 0.497. The first kappa shape index (κ1) is 9.35. The molecule has 0 aliphatic rings. The molecule has 0 aliphatic heterocycles. The Kier molecular flexibility index (Phi) is 3.21. The molecule has 0 aliphatic carbocycles. The Morgan fingerprint density at radius 3 is 2.09 bits per heavy atom. The van der Waals surface area contributed by atoms with Gasteiger partial charge in [-0.15, -0.1) is 3.69 Å². The number of hydrogen-bond acceptors (Lipinski definition) is 0. The standard InChI is InChI=1S/C6H2F3.BrH.Mg/c7-4-1-2-5(8)6(9)3-4;;/h2-3H;1H;/q;;+1/p-1. The molecule has 0 nitrogen and oxygen atoms in total. The lowest BCUT2D eigenvalue weighted by Gasteiger charge is -1.98. The van der Waals surface area contributed by atoms with E-state index in [1.807, 2.05) is 0 Å². The second-order valence-electron chi connectivity index (χ2n) is 1.99. The van der Waals surface area contributed by atoms with Gasteiger partial charge in [-0.1, -0.05) is 0 Å². The van der Waals surface area contributed by atoms with Crippen molar-refractivity contribution in [2.75, 3.05) is 0 Å². The first-order chi connectivity index (χ1) is 5.15. The number of benzene rings is 1. The van der Waals surface area contributed by atoms with Gasteiger partial charge in [-0.2, -0.15) is 0 Å². The van der Waals surface area contributed by atoms with Crippen LogP contribution in [0.1, 0.15) is 0 Å². The topological polar surface area (TPSA) is 0 Å². The molecule has 0 aromatic heterocycles. The van der Waals surface area contributed by atoms with E-state index in [-0.39, 0.29) is 3.69 Å². The van der Waals surface area contributed by atoms with Gasteiger partial charge in [0, 0.05) is 6.07 Å². The molecule has 1 aromatic rings. The smallest absolute Gasteiger partial charge is 0.296 e. The van der Waals surface area contributed by atoms with Crippen molar-refractivity contribution < 1.29 is 13.2 Å². The number of rotatable bonds is 1. The summed E-state index contributed by atoms with van der Waals surface area (Å²) in [5.74, 6) is -2.80. The van der Waals surface area contributed by atoms with Crippen molar-refractivity contribution in [3.63, 3.8) is 0 Å². The van der Waals surface area contributed by atoms with Crippen molar-refractivity contribution in [3.05, 3.63) is 29.6 Å². The van der Waals surface area contributed by atoms with Crippen LogP contribution >= 0.6 is 12.9 Å². The van der Waals surface area contributed by atoms with Crippen LogP contribution in [0.25, 0.3) is 0 Å². The van der Waals surface area contributed by atoms with Crippen LogP contribution in [0, 0.1) is 17.5 Å². The first-order valence-corrected chi connectivity index (χ1v) is 7.45. The second-order valence-corrected chi connectivity index (χ2v) is 4.70. The van der Waals surface area contributed by atoms with E-state index in [1.54, 1.807) is 0 Å². The van der Waals surface area contributed by atoms with E-state index in [2.05, 4.69) is 12.9 Å². The average Bonchev–Trinajstić information content (AvgIpc) is 1.97. The zero-order valence-electron chi connectivity index (χ0n) is 5.37. The lowest BCUT2D eigenvalue weighted by Crippen LogP contribution is -2.15. The molecule has 0 spiro atoms. The second kappa shape index (κ2) is 3.78. The molecule has 1 rings (SSSR count). The number of hydrogen-bond donors (Lipinski definition) is 0. The molecule has 0 radical (unpaired) electrons. The molecule has 5 heteroatoms. The molecule has 56 valence electrons. The van der Waals surface area contributed by atoms with Crippen LogP contribution in [0.2, 0.25) is 0 Å². The molecule has 0 heterocycles. The predicted octanol–water partition coefficient (Wildman–Crippen LogP) is 1.74. The Bertz CT molecular complexity index is 277. The normalized spacial score (nSPS) is 9.45. The zero-order chi connectivity index (χ0) is 8.43. The van der Waals surface area contributed by atoms with E-state index >= 15 is 0 Å². The number of halogens is 4. The van der Waals surface area contributed by atoms with E-state index in [0.29, 0.717) is 6.07 Å². The Labute approximate surface area is 77.4 Å². The Morgan fingerprint density at radius 2 is 1.55 bits per heavy atom. The van der Waals surface area contributed by atoms with Crippen LogP contribution in [-0.4, -0.2) is 18.2 Å².